The number of carbonyl (C=O) groups is 1. The average Bonchev–Trinajstić information content (AvgIpc) is 3.04. The van der Waals surface area contributed by atoms with Gasteiger partial charge in [-0.15, -0.1) is 0 Å². The van der Waals surface area contributed by atoms with E-state index >= 15 is 0 Å². The molecule has 23 heavy (non-hydrogen) atoms. The van der Waals surface area contributed by atoms with Crippen molar-refractivity contribution in [1.29, 1.82) is 0 Å². The molecule has 2 aromatic carbocycles. The molecule has 0 aliphatic carbocycles. The minimum atomic E-state index is -0.463. The predicted molar refractivity (Wildman–Crippen MR) is 86.8 cm³/mol. The number of furan rings is 1. The molecule has 0 unspecified atom stereocenters. The third-order valence-corrected chi connectivity index (χ3v) is 4.15. The van der Waals surface area contributed by atoms with Crippen LogP contribution in [0.5, 0.6) is 0 Å². The Bertz CT molecular complexity index is 858. The first kappa shape index (κ1) is 15.1. The van der Waals surface area contributed by atoms with Crippen molar-refractivity contribution in [2.24, 2.45) is 0 Å². The smallest absolute Gasteiger partial charge is 0.280 e. The van der Waals surface area contributed by atoms with Gasteiger partial charge in [-0.1, -0.05) is 30.0 Å². The second kappa shape index (κ2) is 6.50. The molecule has 0 radical (unpaired) electrons. The first-order valence-electron chi connectivity index (χ1n) is 6.74. The molecule has 0 saturated carbocycles. The highest BCUT2D eigenvalue weighted by Crippen LogP contribution is 2.36. The van der Waals surface area contributed by atoms with E-state index in [4.69, 9.17) is 4.42 Å². The van der Waals surface area contributed by atoms with Gasteiger partial charge in [0.15, 0.2) is 12.0 Å². The van der Waals surface area contributed by atoms with Crippen LogP contribution in [-0.2, 0) is 0 Å². The van der Waals surface area contributed by atoms with E-state index < -0.39 is 4.92 Å². The summed E-state index contributed by atoms with van der Waals surface area (Å²) in [5.74, 6) is 0.435. The van der Waals surface area contributed by atoms with E-state index in [1.165, 1.54) is 23.9 Å². The zero-order chi connectivity index (χ0) is 16.2. The van der Waals surface area contributed by atoms with Crippen molar-refractivity contribution < 1.29 is 14.1 Å². The Morgan fingerprint density at radius 3 is 2.43 bits per heavy atom. The third-order valence-electron chi connectivity index (χ3n) is 3.15. The summed E-state index contributed by atoms with van der Waals surface area (Å²) in [6, 6.07) is 17.6. The van der Waals surface area contributed by atoms with Crippen LogP contribution < -0.4 is 0 Å². The lowest BCUT2D eigenvalue weighted by Gasteiger charge is -2.05. The molecule has 0 aliphatic rings. The van der Waals surface area contributed by atoms with Gasteiger partial charge in [0.2, 0.25) is 0 Å². The number of hydrogen-bond acceptors (Lipinski definition) is 5. The highest BCUT2D eigenvalue weighted by molar-refractivity contribution is 7.99. The van der Waals surface area contributed by atoms with Crippen molar-refractivity contribution in [1.82, 2.24) is 0 Å². The summed E-state index contributed by atoms with van der Waals surface area (Å²) in [7, 11) is 0. The van der Waals surface area contributed by atoms with Gasteiger partial charge in [-0.05, 0) is 36.4 Å². The normalized spacial score (nSPS) is 10.4. The molecule has 0 aliphatic heterocycles. The van der Waals surface area contributed by atoms with E-state index in [1.54, 1.807) is 18.2 Å². The third kappa shape index (κ3) is 3.32. The summed E-state index contributed by atoms with van der Waals surface area (Å²) in [5.41, 5.74) is 0.290. The Hall–Kier alpha value is -2.86. The Balaban J connectivity index is 2.02. The molecule has 5 nitrogen and oxygen atoms in total. The molecule has 0 atom stereocenters. The molecule has 3 aromatic rings. The van der Waals surface area contributed by atoms with Crippen LogP contribution in [0, 0.1) is 10.1 Å². The van der Waals surface area contributed by atoms with Gasteiger partial charge >= 0.3 is 0 Å². The van der Waals surface area contributed by atoms with Crippen LogP contribution in [0.1, 0.15) is 10.6 Å². The maximum absolute atomic E-state index is 11.2. The van der Waals surface area contributed by atoms with Crippen molar-refractivity contribution in [2.75, 3.05) is 0 Å². The lowest BCUT2D eigenvalue weighted by molar-refractivity contribution is -0.384. The zero-order valence-corrected chi connectivity index (χ0v) is 12.7. The highest BCUT2D eigenvalue weighted by atomic mass is 32.2. The number of benzene rings is 2. The van der Waals surface area contributed by atoms with E-state index in [-0.39, 0.29) is 11.4 Å². The van der Waals surface area contributed by atoms with Crippen LogP contribution in [0.4, 0.5) is 5.69 Å². The maximum atomic E-state index is 11.2. The van der Waals surface area contributed by atoms with Gasteiger partial charge in [-0.3, -0.25) is 14.9 Å². The van der Waals surface area contributed by atoms with Gasteiger partial charge < -0.3 is 4.42 Å². The fourth-order valence-electron chi connectivity index (χ4n) is 2.12. The van der Waals surface area contributed by atoms with E-state index in [9.17, 15) is 14.9 Å². The first-order chi connectivity index (χ1) is 11.2. The number of nitrogens with zero attached hydrogens (tertiary/aromatic N) is 1. The summed E-state index contributed by atoms with van der Waals surface area (Å²) >= 11 is 1.50. The standard InChI is InChI=1S/C17H11NO4S/c19-11-12-6-9-17(22-12)15-10-14(7-8-16(15)18(20)21)23-13-4-2-1-3-5-13/h1-11H. The van der Waals surface area contributed by atoms with Gasteiger partial charge in [0.05, 0.1) is 10.5 Å². The molecule has 0 spiro atoms. The number of hydrogen-bond donors (Lipinski definition) is 0. The van der Waals surface area contributed by atoms with Gasteiger partial charge in [-0.25, -0.2) is 0 Å². The van der Waals surface area contributed by atoms with Crippen molar-refractivity contribution in [3.05, 3.63) is 76.5 Å². The second-order valence-electron chi connectivity index (χ2n) is 4.67. The monoisotopic (exact) mass is 325 g/mol. The summed E-state index contributed by atoms with van der Waals surface area (Å²) < 4.78 is 5.33. The Morgan fingerprint density at radius 2 is 1.78 bits per heavy atom. The summed E-state index contributed by atoms with van der Waals surface area (Å²) in [6.07, 6.45) is 0.567. The first-order valence-corrected chi connectivity index (χ1v) is 7.56. The van der Waals surface area contributed by atoms with Crippen LogP contribution in [-0.4, -0.2) is 11.2 Å². The fraction of sp³-hybridized carbons (Fsp3) is 0. The number of rotatable bonds is 5. The number of carbonyl (C=O) groups excluding carboxylic acids is 1. The maximum Gasteiger partial charge on any atom is 0.280 e. The van der Waals surface area contributed by atoms with Gasteiger partial charge in [-0.2, -0.15) is 0 Å². The number of aldehydes is 1. The molecule has 0 bridgehead atoms. The van der Waals surface area contributed by atoms with E-state index in [2.05, 4.69) is 0 Å². The average molecular weight is 325 g/mol. The van der Waals surface area contributed by atoms with Crippen LogP contribution in [0.15, 0.2) is 74.9 Å². The summed E-state index contributed by atoms with van der Waals surface area (Å²) in [6.45, 7) is 0. The molecule has 1 aromatic heterocycles. The molecule has 0 fully saturated rings. The molecule has 0 saturated heterocycles. The number of nitro benzene ring substituents is 1. The quantitative estimate of drug-likeness (QED) is 0.382. The highest BCUT2D eigenvalue weighted by Gasteiger charge is 2.19. The topological polar surface area (TPSA) is 73.3 Å². The van der Waals surface area contributed by atoms with Crippen LogP contribution in [0.3, 0.4) is 0 Å². The molecule has 114 valence electrons. The van der Waals surface area contributed by atoms with Crippen molar-refractivity contribution in [3.8, 4) is 11.3 Å². The van der Waals surface area contributed by atoms with Gasteiger partial charge in [0.25, 0.3) is 5.69 Å². The summed E-state index contributed by atoms with van der Waals surface area (Å²) in [4.78, 5) is 23.4. The predicted octanol–water partition coefficient (Wildman–Crippen LogP) is 4.82. The van der Waals surface area contributed by atoms with Crippen molar-refractivity contribution in [2.45, 2.75) is 9.79 Å². The Labute approximate surface area is 136 Å². The van der Waals surface area contributed by atoms with E-state index in [1.807, 2.05) is 30.3 Å². The van der Waals surface area contributed by atoms with Crippen LogP contribution >= 0.6 is 11.8 Å². The lowest BCUT2D eigenvalue weighted by atomic mass is 10.1. The minimum Gasteiger partial charge on any atom is -0.453 e. The second-order valence-corrected chi connectivity index (χ2v) is 5.82. The van der Waals surface area contributed by atoms with E-state index in [0.717, 1.165) is 9.79 Å². The molecule has 6 heteroatoms. The van der Waals surface area contributed by atoms with Gasteiger partial charge in [0, 0.05) is 15.9 Å². The Morgan fingerprint density at radius 1 is 1.00 bits per heavy atom. The SMILES string of the molecule is O=Cc1ccc(-c2cc(Sc3ccccc3)ccc2[N+](=O)[O-])o1. The molecule has 0 N–H and O–H groups in total. The molecular weight excluding hydrogens is 314 g/mol. The summed E-state index contributed by atoms with van der Waals surface area (Å²) in [5, 5.41) is 11.2. The van der Waals surface area contributed by atoms with E-state index in [0.29, 0.717) is 17.6 Å². The molecule has 1 heterocycles. The van der Waals surface area contributed by atoms with Crippen LogP contribution in [0.25, 0.3) is 11.3 Å². The molecule has 0 amide bonds. The molecular formula is C17H11NO4S. The van der Waals surface area contributed by atoms with Crippen molar-refractivity contribution in [3.63, 3.8) is 0 Å². The fourth-order valence-corrected chi connectivity index (χ4v) is 3.00. The number of nitro groups is 1. The van der Waals surface area contributed by atoms with Crippen LogP contribution in [0.2, 0.25) is 0 Å². The lowest BCUT2D eigenvalue weighted by Crippen LogP contribution is -1.91. The zero-order valence-electron chi connectivity index (χ0n) is 11.8. The Kier molecular flexibility index (Phi) is 4.25. The minimum absolute atomic E-state index is 0.0609. The van der Waals surface area contributed by atoms with Crippen molar-refractivity contribution >= 4 is 23.7 Å². The molecule has 3 rings (SSSR count). The largest absolute Gasteiger partial charge is 0.453 e. The van der Waals surface area contributed by atoms with Gasteiger partial charge in [0.1, 0.15) is 5.76 Å².